The molecule has 0 N–H and O–H groups in total. The van der Waals surface area contributed by atoms with Crippen LogP contribution in [0.5, 0.6) is 0 Å². The van der Waals surface area contributed by atoms with Crippen molar-refractivity contribution in [2.75, 3.05) is 6.61 Å². The van der Waals surface area contributed by atoms with E-state index in [1.807, 2.05) is 0 Å². The van der Waals surface area contributed by atoms with Gasteiger partial charge in [0.15, 0.2) is 0 Å². The zero-order valence-corrected chi connectivity index (χ0v) is 6.46. The Bertz CT molecular complexity index is 188. The highest BCUT2D eigenvalue weighted by atomic mass is 19.4. The van der Waals surface area contributed by atoms with Gasteiger partial charge in [0.1, 0.15) is 0 Å². The number of allylic oxidation sites excluding steroid dienone is 2. The molecular weight excluding hydrogens is 202 g/mol. The lowest BCUT2D eigenvalue weighted by molar-refractivity contribution is -0.140. The Morgan fingerprint density at radius 1 is 1.15 bits per heavy atom. The molecular formula is C6H6F6O. The van der Waals surface area contributed by atoms with Gasteiger partial charge in [-0.05, 0) is 6.92 Å². The first kappa shape index (κ1) is 12.1. The first-order valence-corrected chi connectivity index (χ1v) is 3.16. The topological polar surface area (TPSA) is 9.23 Å². The lowest BCUT2D eigenvalue weighted by atomic mass is 10.4. The van der Waals surface area contributed by atoms with Crippen LogP contribution in [0.15, 0.2) is 11.8 Å². The first-order valence-electron chi connectivity index (χ1n) is 3.16. The smallest absolute Gasteiger partial charge is 0.448 e. The van der Waals surface area contributed by atoms with Gasteiger partial charge in [0.05, 0.1) is 12.7 Å². The van der Waals surface area contributed by atoms with Crippen molar-refractivity contribution in [1.29, 1.82) is 0 Å². The molecule has 0 aromatic heterocycles. The Kier molecular flexibility index (Phi) is 3.62. The number of hydrogen-bond acceptors (Lipinski definition) is 1. The second-order valence-electron chi connectivity index (χ2n) is 1.98. The lowest BCUT2D eigenvalue weighted by Crippen LogP contribution is -2.18. The summed E-state index contributed by atoms with van der Waals surface area (Å²) in [5, 5.41) is 0. The van der Waals surface area contributed by atoms with Crippen molar-refractivity contribution in [3.05, 3.63) is 11.8 Å². The standard InChI is InChI=1S/C6H6F6O/c1-2-13-4(6(10,11)12)3-5(7,8)9/h3H,2H2,1H3/b4-3-. The highest BCUT2D eigenvalue weighted by Gasteiger charge is 2.40. The number of halogens is 6. The summed E-state index contributed by atoms with van der Waals surface area (Å²) in [4.78, 5) is 0. The predicted octanol–water partition coefficient (Wildman–Crippen LogP) is 3.03. The van der Waals surface area contributed by atoms with Crippen molar-refractivity contribution in [2.45, 2.75) is 19.3 Å². The van der Waals surface area contributed by atoms with Gasteiger partial charge >= 0.3 is 12.4 Å². The van der Waals surface area contributed by atoms with Crippen LogP contribution in [0.25, 0.3) is 0 Å². The van der Waals surface area contributed by atoms with E-state index in [4.69, 9.17) is 0 Å². The quantitative estimate of drug-likeness (QED) is 0.500. The van der Waals surface area contributed by atoms with E-state index in [1.54, 1.807) is 0 Å². The van der Waals surface area contributed by atoms with Gasteiger partial charge in [0.25, 0.3) is 0 Å². The van der Waals surface area contributed by atoms with E-state index in [9.17, 15) is 26.3 Å². The van der Waals surface area contributed by atoms with Gasteiger partial charge in [-0.1, -0.05) is 0 Å². The summed E-state index contributed by atoms with van der Waals surface area (Å²) in [6.45, 7) is 0.692. The summed E-state index contributed by atoms with van der Waals surface area (Å²) in [5.41, 5.74) is 0. The van der Waals surface area contributed by atoms with Gasteiger partial charge in [-0.25, -0.2) is 0 Å². The van der Waals surface area contributed by atoms with Crippen LogP contribution >= 0.6 is 0 Å². The fraction of sp³-hybridized carbons (Fsp3) is 0.667. The summed E-state index contributed by atoms with van der Waals surface area (Å²) in [7, 11) is 0. The van der Waals surface area contributed by atoms with E-state index in [-0.39, 0.29) is 0 Å². The number of hydrogen-bond donors (Lipinski definition) is 0. The normalized spacial score (nSPS) is 14.5. The fourth-order valence-corrected chi connectivity index (χ4v) is 0.509. The molecule has 0 aromatic rings. The summed E-state index contributed by atoms with van der Waals surface area (Å²) >= 11 is 0. The van der Waals surface area contributed by atoms with E-state index >= 15 is 0 Å². The SMILES string of the molecule is CCO/C(=C\C(F)(F)F)C(F)(F)F. The monoisotopic (exact) mass is 208 g/mol. The molecule has 0 heterocycles. The maximum atomic E-state index is 11.7. The van der Waals surface area contributed by atoms with Crippen LogP contribution in [0.1, 0.15) is 6.92 Å². The molecule has 0 unspecified atom stereocenters. The molecule has 0 aliphatic carbocycles. The Balaban J connectivity index is 4.71. The molecule has 0 spiro atoms. The van der Waals surface area contributed by atoms with E-state index < -0.39 is 30.8 Å². The molecule has 0 radical (unpaired) electrons. The molecule has 13 heavy (non-hydrogen) atoms. The van der Waals surface area contributed by atoms with Gasteiger partial charge in [0.2, 0.25) is 5.76 Å². The minimum Gasteiger partial charge on any atom is -0.489 e. The molecule has 0 amide bonds. The van der Waals surface area contributed by atoms with E-state index in [0.29, 0.717) is 0 Å². The minimum absolute atomic E-state index is 0.471. The molecule has 0 aliphatic heterocycles. The number of ether oxygens (including phenoxy) is 1. The lowest BCUT2D eigenvalue weighted by Gasteiger charge is -2.12. The maximum absolute atomic E-state index is 11.7. The third-order valence-corrected chi connectivity index (χ3v) is 0.874. The van der Waals surface area contributed by atoms with Gasteiger partial charge in [-0.2, -0.15) is 26.3 Å². The van der Waals surface area contributed by atoms with Crippen LogP contribution in [0.2, 0.25) is 0 Å². The number of alkyl halides is 6. The van der Waals surface area contributed by atoms with Crippen molar-refractivity contribution < 1.29 is 31.1 Å². The highest BCUT2D eigenvalue weighted by Crippen LogP contribution is 2.30. The average Bonchev–Trinajstić information content (AvgIpc) is 1.81. The van der Waals surface area contributed by atoms with Crippen molar-refractivity contribution in [1.82, 2.24) is 0 Å². The van der Waals surface area contributed by atoms with Gasteiger partial charge in [0, 0.05) is 0 Å². The summed E-state index contributed by atoms with van der Waals surface area (Å²) in [6.07, 6.45) is -11.0. The molecule has 0 saturated heterocycles. The van der Waals surface area contributed by atoms with Crippen molar-refractivity contribution in [2.24, 2.45) is 0 Å². The van der Waals surface area contributed by atoms with Gasteiger partial charge in [-0.3, -0.25) is 0 Å². The van der Waals surface area contributed by atoms with Gasteiger partial charge in [-0.15, -0.1) is 0 Å². The third-order valence-electron chi connectivity index (χ3n) is 0.874. The fourth-order valence-electron chi connectivity index (χ4n) is 0.509. The van der Waals surface area contributed by atoms with Crippen LogP contribution in [0.4, 0.5) is 26.3 Å². The largest absolute Gasteiger partial charge is 0.489 e. The second kappa shape index (κ2) is 3.89. The highest BCUT2D eigenvalue weighted by molar-refractivity contribution is 5.04. The summed E-state index contributed by atoms with van der Waals surface area (Å²) < 4.78 is 73.5. The molecule has 0 aliphatic rings. The summed E-state index contributed by atoms with van der Waals surface area (Å²) in [6, 6.07) is 0. The molecule has 0 aromatic carbocycles. The molecule has 1 nitrogen and oxygen atoms in total. The number of rotatable bonds is 2. The Labute approximate surface area is 70.0 Å². The van der Waals surface area contributed by atoms with Crippen LogP contribution in [-0.2, 0) is 4.74 Å². The van der Waals surface area contributed by atoms with Crippen LogP contribution < -0.4 is 0 Å². The van der Waals surface area contributed by atoms with Crippen LogP contribution in [0.3, 0.4) is 0 Å². The molecule has 0 fully saturated rings. The molecule has 0 rings (SSSR count). The Hall–Kier alpha value is -0.880. The predicted molar refractivity (Wildman–Crippen MR) is 31.8 cm³/mol. The zero-order valence-electron chi connectivity index (χ0n) is 6.46. The molecule has 0 bridgehead atoms. The molecule has 78 valence electrons. The second-order valence-corrected chi connectivity index (χ2v) is 1.98. The van der Waals surface area contributed by atoms with Crippen molar-refractivity contribution in [3.63, 3.8) is 0 Å². The first-order chi connectivity index (χ1) is 5.67. The minimum atomic E-state index is -5.11. The van der Waals surface area contributed by atoms with E-state index in [2.05, 4.69) is 4.74 Å². The maximum Gasteiger partial charge on any atom is 0.448 e. The van der Waals surface area contributed by atoms with E-state index in [0.717, 1.165) is 6.92 Å². The van der Waals surface area contributed by atoms with E-state index in [1.165, 1.54) is 0 Å². The Morgan fingerprint density at radius 2 is 1.62 bits per heavy atom. The van der Waals surface area contributed by atoms with Crippen LogP contribution in [0, 0.1) is 0 Å². The molecule has 7 heteroatoms. The zero-order chi connectivity index (χ0) is 10.7. The average molecular weight is 208 g/mol. The van der Waals surface area contributed by atoms with Crippen molar-refractivity contribution in [3.8, 4) is 0 Å². The molecule has 0 saturated carbocycles. The third kappa shape index (κ3) is 5.37. The van der Waals surface area contributed by atoms with Crippen molar-refractivity contribution >= 4 is 0 Å². The molecule has 0 atom stereocenters. The van der Waals surface area contributed by atoms with Gasteiger partial charge < -0.3 is 4.74 Å². The Morgan fingerprint density at radius 3 is 1.85 bits per heavy atom. The summed E-state index contributed by atoms with van der Waals surface area (Å²) in [5.74, 6) is -2.03. The van der Waals surface area contributed by atoms with Crippen LogP contribution in [-0.4, -0.2) is 19.0 Å².